The van der Waals surface area contributed by atoms with Crippen molar-refractivity contribution in [1.29, 1.82) is 0 Å². The summed E-state index contributed by atoms with van der Waals surface area (Å²) in [5, 5.41) is 0. The van der Waals surface area contributed by atoms with Gasteiger partial charge in [-0.1, -0.05) is 29.8 Å². The van der Waals surface area contributed by atoms with Crippen molar-refractivity contribution in [3.05, 3.63) is 42.0 Å². The van der Waals surface area contributed by atoms with Gasteiger partial charge in [-0.3, -0.25) is 13.8 Å². The molecule has 7 heteroatoms. The molecule has 0 spiro atoms. The highest BCUT2D eigenvalue weighted by Gasteiger charge is 2.31. The van der Waals surface area contributed by atoms with Crippen molar-refractivity contribution < 1.29 is 26.9 Å². The number of esters is 1. The molecule has 0 N–H and O–H groups in total. The number of ketones is 1. The first-order chi connectivity index (χ1) is 13.2. The lowest BCUT2D eigenvalue weighted by Gasteiger charge is -2.20. The van der Waals surface area contributed by atoms with Gasteiger partial charge in [-0.2, -0.15) is 8.42 Å². The molecule has 28 heavy (non-hydrogen) atoms. The molecule has 1 aliphatic rings. The molecule has 1 aromatic rings. The second-order valence-corrected chi connectivity index (χ2v) is 8.78. The third-order valence-electron chi connectivity index (χ3n) is 4.98. The standard InChI is InChI=1S/C21H28O6S/c1-4-26-21(23)17-7-8-19(22)14-18(13-17)16(3)11-12-27-28(24,25)20-9-5-15(2)6-10-20/h5-6,9-10,17-18H,3-4,7-8,11-14H2,1-2H3/t17-,18+/m0/s1. The second kappa shape index (κ2) is 9.98. The van der Waals surface area contributed by atoms with Crippen LogP contribution in [0.25, 0.3) is 0 Å². The highest BCUT2D eigenvalue weighted by Crippen LogP contribution is 2.32. The molecule has 0 aromatic heterocycles. The monoisotopic (exact) mass is 408 g/mol. The molecule has 1 saturated carbocycles. The molecule has 0 bridgehead atoms. The average molecular weight is 409 g/mol. The highest BCUT2D eigenvalue weighted by atomic mass is 32.2. The van der Waals surface area contributed by atoms with E-state index < -0.39 is 10.1 Å². The Morgan fingerprint density at radius 1 is 1.21 bits per heavy atom. The lowest BCUT2D eigenvalue weighted by molar-refractivity contribution is -0.148. The molecule has 0 heterocycles. The van der Waals surface area contributed by atoms with E-state index in [4.69, 9.17) is 8.92 Å². The molecule has 1 aromatic carbocycles. The Morgan fingerprint density at radius 2 is 1.89 bits per heavy atom. The van der Waals surface area contributed by atoms with Crippen molar-refractivity contribution in [3.8, 4) is 0 Å². The van der Waals surface area contributed by atoms with E-state index in [9.17, 15) is 18.0 Å². The third kappa shape index (κ3) is 6.27. The van der Waals surface area contributed by atoms with Crippen LogP contribution in [0, 0.1) is 18.8 Å². The van der Waals surface area contributed by atoms with Crippen molar-refractivity contribution in [2.45, 2.75) is 50.8 Å². The lowest BCUT2D eigenvalue weighted by Crippen LogP contribution is -2.20. The van der Waals surface area contributed by atoms with E-state index >= 15 is 0 Å². The molecule has 0 unspecified atom stereocenters. The molecule has 0 aliphatic heterocycles. The van der Waals surface area contributed by atoms with Gasteiger partial charge in [-0.25, -0.2) is 0 Å². The van der Waals surface area contributed by atoms with E-state index in [1.54, 1.807) is 19.1 Å². The van der Waals surface area contributed by atoms with Crippen LogP contribution in [0.5, 0.6) is 0 Å². The summed E-state index contributed by atoms with van der Waals surface area (Å²) in [6.07, 6.45) is 1.96. The molecular formula is C21H28O6S. The summed E-state index contributed by atoms with van der Waals surface area (Å²) in [6.45, 7) is 7.90. The van der Waals surface area contributed by atoms with Crippen molar-refractivity contribution in [2.75, 3.05) is 13.2 Å². The predicted molar refractivity (Wildman–Crippen MR) is 105 cm³/mol. The van der Waals surface area contributed by atoms with Gasteiger partial charge in [-0.15, -0.1) is 0 Å². The summed E-state index contributed by atoms with van der Waals surface area (Å²) in [5.74, 6) is -0.695. The normalized spacial score (nSPS) is 20.4. The van der Waals surface area contributed by atoms with Gasteiger partial charge in [0.2, 0.25) is 0 Å². The number of hydrogen-bond acceptors (Lipinski definition) is 6. The third-order valence-corrected chi connectivity index (χ3v) is 6.31. The minimum atomic E-state index is -3.84. The molecule has 0 radical (unpaired) electrons. The summed E-state index contributed by atoms with van der Waals surface area (Å²) < 4.78 is 34.7. The van der Waals surface area contributed by atoms with Crippen LogP contribution in [0.2, 0.25) is 0 Å². The smallest absolute Gasteiger partial charge is 0.308 e. The first-order valence-corrected chi connectivity index (χ1v) is 11.0. The molecule has 1 fully saturated rings. The van der Waals surface area contributed by atoms with E-state index in [0.717, 1.165) is 11.1 Å². The van der Waals surface area contributed by atoms with Crippen molar-refractivity contribution in [3.63, 3.8) is 0 Å². The van der Waals surface area contributed by atoms with Crippen LogP contribution in [0.3, 0.4) is 0 Å². The molecule has 6 nitrogen and oxygen atoms in total. The molecular weight excluding hydrogens is 380 g/mol. The summed E-state index contributed by atoms with van der Waals surface area (Å²) >= 11 is 0. The minimum absolute atomic E-state index is 0.0518. The van der Waals surface area contributed by atoms with Crippen LogP contribution in [0.15, 0.2) is 41.3 Å². The topological polar surface area (TPSA) is 86.7 Å². The quantitative estimate of drug-likeness (QED) is 0.283. The Morgan fingerprint density at radius 3 is 2.54 bits per heavy atom. The Kier molecular flexibility index (Phi) is 7.95. The van der Waals surface area contributed by atoms with Gasteiger partial charge in [0, 0.05) is 12.8 Å². The van der Waals surface area contributed by atoms with E-state index in [2.05, 4.69) is 6.58 Å². The average Bonchev–Trinajstić information content (AvgIpc) is 2.84. The maximum absolute atomic E-state index is 12.3. The van der Waals surface area contributed by atoms with E-state index in [1.807, 2.05) is 6.92 Å². The van der Waals surface area contributed by atoms with E-state index in [1.165, 1.54) is 12.1 Å². The zero-order chi connectivity index (χ0) is 20.7. The number of aryl methyl sites for hydroxylation is 1. The van der Waals surface area contributed by atoms with Crippen LogP contribution in [0.4, 0.5) is 0 Å². The summed E-state index contributed by atoms with van der Waals surface area (Å²) in [4.78, 5) is 24.2. The van der Waals surface area contributed by atoms with Crippen LogP contribution in [-0.2, 0) is 28.6 Å². The van der Waals surface area contributed by atoms with Gasteiger partial charge in [0.25, 0.3) is 10.1 Å². The minimum Gasteiger partial charge on any atom is -0.466 e. The first kappa shape index (κ1) is 22.3. The largest absolute Gasteiger partial charge is 0.466 e. The fourth-order valence-electron chi connectivity index (χ4n) is 3.30. The number of Topliss-reactive ketones (excluding diaryl/α,β-unsaturated/α-hetero) is 1. The lowest BCUT2D eigenvalue weighted by atomic mass is 9.86. The van der Waals surface area contributed by atoms with Crippen molar-refractivity contribution in [1.82, 2.24) is 0 Å². The number of rotatable bonds is 8. The number of ether oxygens (including phenoxy) is 1. The molecule has 154 valence electrons. The molecule has 2 atom stereocenters. The predicted octanol–water partition coefficient (Wildman–Crippen LogP) is 3.59. The Labute approximate surface area is 167 Å². The van der Waals surface area contributed by atoms with Gasteiger partial charge >= 0.3 is 5.97 Å². The van der Waals surface area contributed by atoms with Crippen molar-refractivity contribution >= 4 is 21.9 Å². The van der Waals surface area contributed by atoms with E-state index in [0.29, 0.717) is 38.7 Å². The van der Waals surface area contributed by atoms with Gasteiger partial charge in [0.15, 0.2) is 0 Å². The fourth-order valence-corrected chi connectivity index (χ4v) is 4.21. The summed E-state index contributed by atoms with van der Waals surface area (Å²) in [6, 6.07) is 6.43. The molecule has 0 amide bonds. The van der Waals surface area contributed by atoms with Gasteiger partial charge in [0.05, 0.1) is 24.0 Å². The Hall–Kier alpha value is -1.99. The van der Waals surface area contributed by atoms with Gasteiger partial charge in [0.1, 0.15) is 5.78 Å². The van der Waals surface area contributed by atoms with Crippen LogP contribution in [-0.4, -0.2) is 33.4 Å². The number of carbonyl (C=O) groups is 2. The Bertz CT molecular complexity index is 810. The highest BCUT2D eigenvalue weighted by molar-refractivity contribution is 7.86. The van der Waals surface area contributed by atoms with Crippen molar-refractivity contribution in [2.24, 2.45) is 11.8 Å². The maximum Gasteiger partial charge on any atom is 0.308 e. The number of benzene rings is 1. The maximum atomic E-state index is 12.3. The van der Waals surface area contributed by atoms with Crippen LogP contribution < -0.4 is 0 Å². The van der Waals surface area contributed by atoms with Gasteiger partial charge in [-0.05, 0) is 51.2 Å². The van der Waals surface area contributed by atoms with Crippen LogP contribution in [0.1, 0.15) is 44.6 Å². The van der Waals surface area contributed by atoms with Crippen LogP contribution >= 0.6 is 0 Å². The molecule has 0 saturated heterocycles. The summed E-state index contributed by atoms with van der Waals surface area (Å²) in [7, 11) is -3.84. The second-order valence-electron chi connectivity index (χ2n) is 7.16. The number of hydrogen-bond donors (Lipinski definition) is 0. The Balaban J connectivity index is 1.94. The zero-order valence-electron chi connectivity index (χ0n) is 16.5. The first-order valence-electron chi connectivity index (χ1n) is 9.55. The molecule has 2 rings (SSSR count). The van der Waals surface area contributed by atoms with E-state index in [-0.39, 0.29) is 35.1 Å². The molecule has 1 aliphatic carbocycles. The fraction of sp³-hybridized carbons (Fsp3) is 0.524. The zero-order valence-corrected chi connectivity index (χ0v) is 17.3. The SMILES string of the molecule is C=C(CCOS(=O)(=O)c1ccc(C)cc1)[C@H]1CC(=O)CC[C@H](C(=O)OCC)C1. The van der Waals surface area contributed by atoms with Gasteiger partial charge < -0.3 is 4.74 Å². The number of carbonyl (C=O) groups excluding carboxylic acids is 2. The summed E-state index contributed by atoms with van der Waals surface area (Å²) in [5.41, 5.74) is 1.69.